The molecule has 1 aromatic carbocycles. The van der Waals surface area contributed by atoms with Gasteiger partial charge < -0.3 is 20.7 Å². The summed E-state index contributed by atoms with van der Waals surface area (Å²) < 4.78 is 5.55. The Morgan fingerprint density at radius 1 is 1.24 bits per heavy atom. The van der Waals surface area contributed by atoms with Gasteiger partial charge in [-0.25, -0.2) is 0 Å². The van der Waals surface area contributed by atoms with Gasteiger partial charge in [-0.05, 0) is 24.8 Å². The van der Waals surface area contributed by atoms with Gasteiger partial charge in [0.2, 0.25) is 11.8 Å². The third-order valence-corrected chi connectivity index (χ3v) is 4.19. The van der Waals surface area contributed by atoms with Crippen LogP contribution in [0.25, 0.3) is 0 Å². The number of piperidine rings is 1. The molecule has 1 heterocycles. The number of nitrogens with two attached hydrogens (primary N) is 1. The van der Waals surface area contributed by atoms with Crippen molar-refractivity contribution in [1.82, 2.24) is 10.2 Å². The molecule has 0 bridgehead atoms. The summed E-state index contributed by atoms with van der Waals surface area (Å²) in [5.41, 5.74) is 6.43. The second kappa shape index (κ2) is 11.8. The van der Waals surface area contributed by atoms with E-state index in [1.165, 1.54) is 0 Å². The van der Waals surface area contributed by atoms with Crippen LogP contribution in [-0.2, 0) is 20.9 Å². The van der Waals surface area contributed by atoms with E-state index in [1.54, 1.807) is 0 Å². The zero-order valence-electron chi connectivity index (χ0n) is 14.5. The van der Waals surface area contributed by atoms with E-state index >= 15 is 0 Å². The quantitative estimate of drug-likeness (QED) is 0.726. The Balaban J connectivity index is 0.00000312. The lowest BCUT2D eigenvalue weighted by molar-refractivity contribution is -0.140. The van der Waals surface area contributed by atoms with Gasteiger partial charge in [-0.1, -0.05) is 30.3 Å². The molecule has 1 aliphatic heterocycles. The molecule has 1 aliphatic rings. The van der Waals surface area contributed by atoms with E-state index in [0.29, 0.717) is 26.1 Å². The molecule has 1 saturated heterocycles. The van der Waals surface area contributed by atoms with Crippen molar-refractivity contribution in [1.29, 1.82) is 0 Å². The van der Waals surface area contributed by atoms with Gasteiger partial charge in [-0.2, -0.15) is 0 Å². The van der Waals surface area contributed by atoms with Gasteiger partial charge in [0.15, 0.2) is 0 Å². The number of amides is 2. The second-order valence-corrected chi connectivity index (χ2v) is 6.06. The maximum Gasteiger partial charge on any atom is 0.248 e. The van der Waals surface area contributed by atoms with Crippen molar-refractivity contribution in [3.05, 3.63) is 35.9 Å². The van der Waals surface area contributed by atoms with Crippen LogP contribution in [0.3, 0.4) is 0 Å². The average molecular weight is 370 g/mol. The molecule has 1 fully saturated rings. The Kier molecular flexibility index (Phi) is 10.1. The molecule has 3 N–H and O–H groups in total. The minimum absolute atomic E-state index is 0. The molecule has 0 radical (unpaired) electrons. The molecule has 25 heavy (non-hydrogen) atoms. The van der Waals surface area contributed by atoms with Crippen molar-refractivity contribution >= 4 is 24.2 Å². The van der Waals surface area contributed by atoms with Crippen molar-refractivity contribution in [2.75, 3.05) is 26.2 Å². The first kappa shape index (κ1) is 21.4. The summed E-state index contributed by atoms with van der Waals surface area (Å²) in [5, 5.41) is 2.87. The normalized spacial score (nSPS) is 16.8. The number of hydrogen-bond donors (Lipinski definition) is 2. The first-order valence-electron chi connectivity index (χ1n) is 8.58. The van der Waals surface area contributed by atoms with Gasteiger partial charge in [-0.15, -0.1) is 12.4 Å². The Hall–Kier alpha value is -1.63. The Labute approximate surface area is 155 Å². The van der Waals surface area contributed by atoms with Gasteiger partial charge in [0.25, 0.3) is 0 Å². The van der Waals surface area contributed by atoms with E-state index in [1.807, 2.05) is 35.2 Å². The second-order valence-electron chi connectivity index (χ2n) is 6.06. The summed E-state index contributed by atoms with van der Waals surface area (Å²) in [7, 11) is 0. The van der Waals surface area contributed by atoms with E-state index in [-0.39, 0.29) is 36.9 Å². The fourth-order valence-corrected chi connectivity index (χ4v) is 2.91. The summed E-state index contributed by atoms with van der Waals surface area (Å²) in [5.74, 6) is -0.0699. The first-order chi connectivity index (χ1) is 11.7. The number of hydrogen-bond acceptors (Lipinski definition) is 4. The minimum Gasteiger partial charge on any atom is -0.367 e. The summed E-state index contributed by atoms with van der Waals surface area (Å²) >= 11 is 0. The van der Waals surface area contributed by atoms with Gasteiger partial charge in [-0.3, -0.25) is 9.59 Å². The van der Waals surface area contributed by atoms with Gasteiger partial charge >= 0.3 is 0 Å². The van der Waals surface area contributed by atoms with Crippen LogP contribution in [0.2, 0.25) is 0 Å². The highest BCUT2D eigenvalue weighted by Gasteiger charge is 2.26. The largest absolute Gasteiger partial charge is 0.367 e. The zero-order chi connectivity index (χ0) is 17.2. The Morgan fingerprint density at radius 2 is 2.00 bits per heavy atom. The number of rotatable bonds is 8. The van der Waals surface area contributed by atoms with Gasteiger partial charge in [0.1, 0.15) is 6.61 Å². The van der Waals surface area contributed by atoms with E-state index in [0.717, 1.165) is 31.4 Å². The molecule has 1 atom stereocenters. The Bertz CT molecular complexity index is 528. The fourth-order valence-electron chi connectivity index (χ4n) is 2.91. The number of nitrogens with one attached hydrogen (secondary N) is 1. The summed E-state index contributed by atoms with van der Waals surface area (Å²) in [6, 6.07) is 9.85. The topological polar surface area (TPSA) is 84.7 Å². The molecular formula is C18H28ClN3O3. The number of carbonyl (C=O) groups excluding carboxylic acids is 2. The van der Waals surface area contributed by atoms with E-state index in [4.69, 9.17) is 10.5 Å². The lowest BCUT2D eigenvalue weighted by Gasteiger charge is -2.35. The average Bonchev–Trinajstić information content (AvgIpc) is 2.61. The van der Waals surface area contributed by atoms with Crippen molar-refractivity contribution in [2.45, 2.75) is 38.3 Å². The molecule has 1 unspecified atom stereocenters. The maximum absolute atomic E-state index is 12.4. The molecule has 0 aromatic heterocycles. The summed E-state index contributed by atoms with van der Waals surface area (Å²) in [6.07, 6.45) is 3.30. The molecule has 2 amide bonds. The van der Waals surface area contributed by atoms with Crippen molar-refractivity contribution < 1.29 is 14.3 Å². The smallest absolute Gasteiger partial charge is 0.248 e. The van der Waals surface area contributed by atoms with Crippen molar-refractivity contribution in [2.24, 2.45) is 5.73 Å². The predicted molar refractivity (Wildman–Crippen MR) is 99.4 cm³/mol. The van der Waals surface area contributed by atoms with Crippen molar-refractivity contribution in [3.8, 4) is 0 Å². The van der Waals surface area contributed by atoms with Crippen LogP contribution in [0.1, 0.15) is 31.2 Å². The van der Waals surface area contributed by atoms with E-state index in [9.17, 15) is 9.59 Å². The highest BCUT2D eigenvalue weighted by Crippen LogP contribution is 2.17. The SMILES string of the molecule is Cl.NCCC(=O)NCC1CCCCN1C(=O)COCc1ccccc1. The summed E-state index contributed by atoms with van der Waals surface area (Å²) in [4.78, 5) is 25.9. The number of ether oxygens (including phenoxy) is 1. The molecular weight excluding hydrogens is 342 g/mol. The van der Waals surface area contributed by atoms with Crippen molar-refractivity contribution in [3.63, 3.8) is 0 Å². The minimum atomic E-state index is -0.0594. The van der Waals surface area contributed by atoms with Crippen LogP contribution in [0.15, 0.2) is 30.3 Å². The van der Waals surface area contributed by atoms with Gasteiger partial charge in [0.05, 0.1) is 6.61 Å². The number of likely N-dealkylation sites (tertiary alicyclic amines) is 1. The van der Waals surface area contributed by atoms with Crippen LogP contribution in [0.5, 0.6) is 0 Å². The number of nitrogens with zero attached hydrogens (tertiary/aromatic N) is 1. The molecule has 0 spiro atoms. The molecule has 0 aliphatic carbocycles. The molecule has 7 heteroatoms. The highest BCUT2D eigenvalue weighted by atomic mass is 35.5. The molecule has 2 rings (SSSR count). The lowest BCUT2D eigenvalue weighted by Crippen LogP contribution is -2.50. The Morgan fingerprint density at radius 3 is 2.72 bits per heavy atom. The molecule has 140 valence electrons. The van der Waals surface area contributed by atoms with Crippen LogP contribution in [0, 0.1) is 0 Å². The fraction of sp³-hybridized carbons (Fsp3) is 0.556. The number of carbonyl (C=O) groups is 2. The third kappa shape index (κ3) is 7.42. The number of benzene rings is 1. The number of halogens is 1. The predicted octanol–water partition coefficient (Wildman–Crippen LogP) is 1.47. The first-order valence-corrected chi connectivity index (χ1v) is 8.58. The third-order valence-electron chi connectivity index (χ3n) is 4.19. The van der Waals surface area contributed by atoms with E-state index in [2.05, 4.69) is 5.32 Å². The van der Waals surface area contributed by atoms with E-state index < -0.39 is 0 Å². The van der Waals surface area contributed by atoms with Crippen LogP contribution in [0.4, 0.5) is 0 Å². The van der Waals surface area contributed by atoms with Crippen LogP contribution >= 0.6 is 12.4 Å². The lowest BCUT2D eigenvalue weighted by atomic mass is 10.0. The maximum atomic E-state index is 12.4. The monoisotopic (exact) mass is 369 g/mol. The molecule has 1 aromatic rings. The van der Waals surface area contributed by atoms with Gasteiger partial charge in [0, 0.05) is 32.1 Å². The van der Waals surface area contributed by atoms with Crippen LogP contribution < -0.4 is 11.1 Å². The molecule has 6 nitrogen and oxygen atoms in total. The molecule has 0 saturated carbocycles. The van der Waals surface area contributed by atoms with Crippen LogP contribution in [-0.4, -0.2) is 49.0 Å². The summed E-state index contributed by atoms with van der Waals surface area (Å²) in [6.45, 7) is 2.06. The zero-order valence-corrected chi connectivity index (χ0v) is 15.3. The standard InChI is InChI=1S/C18H27N3O3.ClH/c19-10-9-17(22)20-12-16-8-4-5-11-21(16)18(23)14-24-13-15-6-2-1-3-7-15;/h1-3,6-7,16H,4-5,8-14,19H2,(H,20,22);1H. The highest BCUT2D eigenvalue weighted by molar-refractivity contribution is 5.85.